The fraction of sp³-hybridized carbons (Fsp3) is 0.526. The highest BCUT2D eigenvalue weighted by Crippen LogP contribution is 2.33. The second kappa shape index (κ2) is 5.45. The molecule has 1 aromatic heterocycles. The topological polar surface area (TPSA) is 36.1 Å². The minimum absolute atomic E-state index is 0.368. The molecule has 116 valence electrons. The molecule has 3 nitrogen and oxygen atoms in total. The molecular formula is C19H24N2O. The average Bonchev–Trinajstić information content (AvgIpc) is 3.34. The Bertz CT molecular complexity index is 691. The Labute approximate surface area is 131 Å². The number of nitrogens with one attached hydrogen (secondary N) is 1. The zero-order chi connectivity index (χ0) is 15.1. The molecule has 0 bridgehead atoms. The Morgan fingerprint density at radius 1 is 1.18 bits per heavy atom. The highest BCUT2D eigenvalue weighted by atomic mass is 16.2. The molecule has 1 saturated heterocycles. The lowest BCUT2D eigenvalue weighted by atomic mass is 9.89. The van der Waals surface area contributed by atoms with Crippen LogP contribution in [0.15, 0.2) is 24.3 Å². The van der Waals surface area contributed by atoms with Gasteiger partial charge in [-0.05, 0) is 56.6 Å². The van der Waals surface area contributed by atoms with Crippen LogP contribution in [0.25, 0.3) is 10.9 Å². The van der Waals surface area contributed by atoms with Crippen LogP contribution in [0, 0.1) is 18.8 Å². The first-order valence-corrected chi connectivity index (χ1v) is 8.57. The number of amides is 1. The number of piperidine rings is 1. The van der Waals surface area contributed by atoms with Crippen molar-refractivity contribution >= 4 is 16.8 Å². The summed E-state index contributed by atoms with van der Waals surface area (Å²) in [5.41, 5.74) is 4.02. The van der Waals surface area contributed by atoms with Crippen molar-refractivity contribution in [2.24, 2.45) is 11.8 Å². The molecule has 1 aliphatic carbocycles. The van der Waals surface area contributed by atoms with Crippen LogP contribution in [-0.4, -0.2) is 28.9 Å². The smallest absolute Gasteiger partial charge is 0.225 e. The van der Waals surface area contributed by atoms with E-state index < -0.39 is 0 Å². The number of fused-ring (bicyclic) bond motifs is 1. The number of aromatic nitrogens is 1. The van der Waals surface area contributed by atoms with E-state index in [1.807, 2.05) is 0 Å². The number of nitrogens with zero attached hydrogens (tertiary/aromatic N) is 1. The van der Waals surface area contributed by atoms with Crippen molar-refractivity contribution in [2.75, 3.05) is 13.1 Å². The van der Waals surface area contributed by atoms with Gasteiger partial charge >= 0.3 is 0 Å². The number of hydrogen-bond acceptors (Lipinski definition) is 1. The highest BCUT2D eigenvalue weighted by molar-refractivity contribution is 5.84. The van der Waals surface area contributed by atoms with Gasteiger partial charge in [0.2, 0.25) is 5.91 Å². The molecular weight excluding hydrogens is 272 g/mol. The number of rotatable bonds is 3. The summed E-state index contributed by atoms with van der Waals surface area (Å²) in [5, 5.41) is 1.37. The van der Waals surface area contributed by atoms with Gasteiger partial charge in [0.05, 0.1) is 0 Å². The number of carbonyl (C=O) groups is 1. The van der Waals surface area contributed by atoms with Gasteiger partial charge in [-0.1, -0.05) is 18.2 Å². The second-order valence-corrected chi connectivity index (χ2v) is 7.02. The Kier molecular flexibility index (Phi) is 3.44. The van der Waals surface area contributed by atoms with Crippen LogP contribution < -0.4 is 0 Å². The first-order valence-electron chi connectivity index (χ1n) is 8.57. The van der Waals surface area contributed by atoms with E-state index in [0.29, 0.717) is 17.7 Å². The number of aromatic amines is 1. The molecule has 3 heteroatoms. The SMILES string of the molecule is Cc1[nH]c2ccccc2c1CC1CCN(C(=O)C2CC2)CC1. The molecule has 1 saturated carbocycles. The van der Waals surface area contributed by atoms with E-state index in [9.17, 15) is 4.79 Å². The van der Waals surface area contributed by atoms with Crippen molar-refractivity contribution in [3.63, 3.8) is 0 Å². The average molecular weight is 296 g/mol. The van der Waals surface area contributed by atoms with Gasteiger partial charge < -0.3 is 9.88 Å². The minimum Gasteiger partial charge on any atom is -0.358 e. The van der Waals surface area contributed by atoms with Crippen LogP contribution in [0.4, 0.5) is 0 Å². The summed E-state index contributed by atoms with van der Waals surface area (Å²) in [6, 6.07) is 8.59. The normalized spacial score (nSPS) is 19.8. The lowest BCUT2D eigenvalue weighted by Gasteiger charge is -2.32. The predicted molar refractivity (Wildman–Crippen MR) is 88.8 cm³/mol. The fourth-order valence-electron chi connectivity index (χ4n) is 3.83. The first kappa shape index (κ1) is 13.9. The molecule has 2 aromatic rings. The van der Waals surface area contributed by atoms with Gasteiger partial charge in [-0.3, -0.25) is 4.79 Å². The van der Waals surface area contributed by atoms with Gasteiger partial charge in [0.25, 0.3) is 0 Å². The maximum Gasteiger partial charge on any atom is 0.225 e. The van der Waals surface area contributed by atoms with E-state index in [1.165, 1.54) is 22.2 Å². The Morgan fingerprint density at radius 3 is 2.64 bits per heavy atom. The van der Waals surface area contributed by atoms with Crippen molar-refractivity contribution in [2.45, 2.75) is 39.0 Å². The number of likely N-dealkylation sites (tertiary alicyclic amines) is 1. The number of aryl methyl sites for hydroxylation is 1. The monoisotopic (exact) mass is 296 g/mol. The van der Waals surface area contributed by atoms with Crippen molar-refractivity contribution in [3.8, 4) is 0 Å². The summed E-state index contributed by atoms with van der Waals surface area (Å²) in [6.07, 6.45) is 5.68. The molecule has 1 amide bonds. The van der Waals surface area contributed by atoms with Crippen LogP contribution in [-0.2, 0) is 11.2 Å². The molecule has 0 spiro atoms. The molecule has 1 aliphatic heterocycles. The zero-order valence-electron chi connectivity index (χ0n) is 13.3. The number of carbonyl (C=O) groups excluding carboxylic acids is 1. The lowest BCUT2D eigenvalue weighted by Crippen LogP contribution is -2.39. The maximum atomic E-state index is 12.1. The number of hydrogen-bond donors (Lipinski definition) is 1. The molecule has 1 aromatic carbocycles. The minimum atomic E-state index is 0.368. The third-order valence-corrected chi connectivity index (χ3v) is 5.37. The standard InChI is InChI=1S/C19H24N2O/c1-13-17(16-4-2-3-5-18(16)20-13)12-14-8-10-21(11-9-14)19(22)15-6-7-15/h2-5,14-15,20H,6-12H2,1H3. The summed E-state index contributed by atoms with van der Waals surface area (Å²) < 4.78 is 0. The van der Waals surface area contributed by atoms with Crippen molar-refractivity contribution in [1.82, 2.24) is 9.88 Å². The van der Waals surface area contributed by atoms with E-state index >= 15 is 0 Å². The third-order valence-electron chi connectivity index (χ3n) is 5.37. The van der Waals surface area contributed by atoms with Gasteiger partial charge in [0, 0.05) is 35.6 Å². The second-order valence-electron chi connectivity index (χ2n) is 7.02. The van der Waals surface area contributed by atoms with Gasteiger partial charge in [-0.2, -0.15) is 0 Å². The third kappa shape index (κ3) is 2.53. The van der Waals surface area contributed by atoms with E-state index in [1.54, 1.807) is 0 Å². The summed E-state index contributed by atoms with van der Waals surface area (Å²) in [4.78, 5) is 17.7. The molecule has 22 heavy (non-hydrogen) atoms. The summed E-state index contributed by atoms with van der Waals surface area (Å²) in [6.45, 7) is 4.10. The van der Waals surface area contributed by atoms with Crippen molar-refractivity contribution in [3.05, 3.63) is 35.5 Å². The maximum absolute atomic E-state index is 12.1. The summed E-state index contributed by atoms with van der Waals surface area (Å²) >= 11 is 0. The number of H-pyrrole nitrogens is 1. The number of benzene rings is 1. The van der Waals surface area contributed by atoms with Gasteiger partial charge in [-0.25, -0.2) is 0 Å². The molecule has 2 heterocycles. The van der Waals surface area contributed by atoms with Crippen molar-refractivity contribution < 1.29 is 4.79 Å². The van der Waals surface area contributed by atoms with E-state index in [4.69, 9.17) is 0 Å². The zero-order valence-corrected chi connectivity index (χ0v) is 13.3. The summed E-state index contributed by atoms with van der Waals surface area (Å²) in [5.74, 6) is 1.50. The van der Waals surface area contributed by atoms with E-state index in [2.05, 4.69) is 41.1 Å². The molecule has 2 aliphatic rings. The molecule has 1 N–H and O–H groups in total. The van der Waals surface area contributed by atoms with Crippen LogP contribution >= 0.6 is 0 Å². The molecule has 0 unspecified atom stereocenters. The Morgan fingerprint density at radius 2 is 1.91 bits per heavy atom. The lowest BCUT2D eigenvalue weighted by molar-refractivity contribution is -0.133. The molecule has 0 radical (unpaired) electrons. The molecule has 4 rings (SSSR count). The van der Waals surface area contributed by atoms with E-state index in [0.717, 1.165) is 45.2 Å². The van der Waals surface area contributed by atoms with Crippen LogP contribution in [0.2, 0.25) is 0 Å². The van der Waals surface area contributed by atoms with Crippen LogP contribution in [0.3, 0.4) is 0 Å². The van der Waals surface area contributed by atoms with Crippen LogP contribution in [0.1, 0.15) is 36.9 Å². The van der Waals surface area contributed by atoms with Gasteiger partial charge in [-0.15, -0.1) is 0 Å². The molecule has 0 atom stereocenters. The van der Waals surface area contributed by atoms with Gasteiger partial charge in [0.1, 0.15) is 0 Å². The van der Waals surface area contributed by atoms with Crippen molar-refractivity contribution in [1.29, 1.82) is 0 Å². The Hall–Kier alpha value is -1.77. The van der Waals surface area contributed by atoms with Gasteiger partial charge in [0.15, 0.2) is 0 Å². The predicted octanol–water partition coefficient (Wildman–Crippen LogP) is 3.67. The quantitative estimate of drug-likeness (QED) is 0.921. The highest BCUT2D eigenvalue weighted by Gasteiger charge is 2.35. The van der Waals surface area contributed by atoms with E-state index in [-0.39, 0.29) is 0 Å². The largest absolute Gasteiger partial charge is 0.358 e. The Balaban J connectivity index is 1.43. The van der Waals surface area contributed by atoms with Crippen LogP contribution in [0.5, 0.6) is 0 Å². The first-order chi connectivity index (χ1) is 10.7. The summed E-state index contributed by atoms with van der Waals surface area (Å²) in [7, 11) is 0. The number of para-hydroxylation sites is 1. The molecule has 2 fully saturated rings. The fourth-order valence-corrected chi connectivity index (χ4v) is 3.83.